The summed E-state index contributed by atoms with van der Waals surface area (Å²) in [6, 6.07) is 17.1. The van der Waals surface area contributed by atoms with Gasteiger partial charge in [0, 0.05) is 22.9 Å². The third kappa shape index (κ3) is 2.59. The van der Waals surface area contributed by atoms with Gasteiger partial charge in [0.15, 0.2) is 0 Å². The van der Waals surface area contributed by atoms with Crippen molar-refractivity contribution in [2.24, 2.45) is 5.73 Å². The molecule has 108 valence electrons. The van der Waals surface area contributed by atoms with Crippen LogP contribution in [0, 0.1) is 5.82 Å². The number of pyridine rings is 1. The number of hydrogen-bond acceptors (Lipinski definition) is 2. The summed E-state index contributed by atoms with van der Waals surface area (Å²) >= 11 is 0. The number of primary amides is 1. The Morgan fingerprint density at radius 3 is 2.23 bits per heavy atom. The second-order valence-electron chi connectivity index (χ2n) is 4.82. The normalized spacial score (nSPS) is 10.4. The maximum Gasteiger partial charge on any atom is 0.249 e. The molecule has 1 amide bonds. The van der Waals surface area contributed by atoms with Gasteiger partial charge in [-0.1, -0.05) is 36.4 Å². The second kappa shape index (κ2) is 5.77. The smallest absolute Gasteiger partial charge is 0.249 e. The van der Waals surface area contributed by atoms with Gasteiger partial charge in [0.25, 0.3) is 0 Å². The highest BCUT2D eigenvalue weighted by Gasteiger charge is 2.10. The van der Waals surface area contributed by atoms with Crippen molar-refractivity contribution in [1.29, 1.82) is 0 Å². The number of benzene rings is 2. The second-order valence-corrected chi connectivity index (χ2v) is 4.82. The number of rotatable bonds is 3. The number of amides is 1. The lowest BCUT2D eigenvalue weighted by molar-refractivity contribution is 0.100. The third-order valence-electron chi connectivity index (χ3n) is 3.42. The van der Waals surface area contributed by atoms with Gasteiger partial charge in [-0.05, 0) is 29.8 Å². The fourth-order valence-electron chi connectivity index (χ4n) is 2.33. The lowest BCUT2D eigenvalue weighted by atomic mass is 10.00. The molecule has 2 N–H and O–H groups in total. The molecule has 0 aliphatic carbocycles. The third-order valence-corrected chi connectivity index (χ3v) is 3.42. The lowest BCUT2D eigenvalue weighted by Gasteiger charge is -2.08. The van der Waals surface area contributed by atoms with Crippen molar-refractivity contribution in [3.8, 4) is 22.4 Å². The fourth-order valence-corrected chi connectivity index (χ4v) is 2.33. The van der Waals surface area contributed by atoms with E-state index in [0.29, 0.717) is 22.4 Å². The number of halogens is 1. The molecule has 3 rings (SSSR count). The predicted octanol–water partition coefficient (Wildman–Crippen LogP) is 3.65. The van der Waals surface area contributed by atoms with Crippen molar-refractivity contribution in [2.75, 3.05) is 0 Å². The van der Waals surface area contributed by atoms with Crippen molar-refractivity contribution in [3.63, 3.8) is 0 Å². The molecule has 1 heterocycles. The van der Waals surface area contributed by atoms with Crippen LogP contribution < -0.4 is 5.73 Å². The Morgan fingerprint density at radius 1 is 0.909 bits per heavy atom. The van der Waals surface area contributed by atoms with E-state index in [1.54, 1.807) is 54.7 Å². The maximum atomic E-state index is 13.8. The van der Waals surface area contributed by atoms with Gasteiger partial charge in [-0.25, -0.2) is 4.39 Å². The van der Waals surface area contributed by atoms with Crippen LogP contribution in [-0.2, 0) is 0 Å². The summed E-state index contributed by atoms with van der Waals surface area (Å²) in [5.41, 5.74) is 8.27. The van der Waals surface area contributed by atoms with Gasteiger partial charge in [0.2, 0.25) is 5.91 Å². The summed E-state index contributed by atoms with van der Waals surface area (Å²) in [4.78, 5) is 15.8. The van der Waals surface area contributed by atoms with Crippen LogP contribution >= 0.6 is 0 Å². The van der Waals surface area contributed by atoms with Crippen LogP contribution in [0.3, 0.4) is 0 Å². The predicted molar refractivity (Wildman–Crippen MR) is 83.6 cm³/mol. The molecule has 0 saturated heterocycles. The number of aromatic nitrogens is 1. The number of hydrogen-bond donors (Lipinski definition) is 1. The monoisotopic (exact) mass is 292 g/mol. The van der Waals surface area contributed by atoms with E-state index in [4.69, 9.17) is 5.73 Å². The molecule has 1 aromatic heterocycles. The Bertz CT molecular complexity index is 829. The zero-order chi connectivity index (χ0) is 15.5. The number of carbonyl (C=O) groups is 1. The summed E-state index contributed by atoms with van der Waals surface area (Å²) in [5, 5.41) is 0. The molecule has 22 heavy (non-hydrogen) atoms. The van der Waals surface area contributed by atoms with E-state index in [1.165, 1.54) is 6.07 Å². The van der Waals surface area contributed by atoms with Crippen molar-refractivity contribution >= 4 is 5.91 Å². The number of nitrogens with two attached hydrogens (primary N) is 1. The molecule has 4 heteroatoms. The molecule has 0 fully saturated rings. The molecule has 0 aliphatic rings. The zero-order valence-electron chi connectivity index (χ0n) is 11.7. The van der Waals surface area contributed by atoms with Gasteiger partial charge in [-0.3, -0.25) is 9.78 Å². The largest absolute Gasteiger partial charge is 0.366 e. The Hall–Kier alpha value is -3.01. The Kier molecular flexibility index (Phi) is 3.66. The molecule has 2 aromatic carbocycles. The van der Waals surface area contributed by atoms with Crippen LogP contribution in [0.2, 0.25) is 0 Å². The van der Waals surface area contributed by atoms with Crippen molar-refractivity contribution in [1.82, 2.24) is 4.98 Å². The first-order valence-electron chi connectivity index (χ1n) is 6.77. The van der Waals surface area contributed by atoms with Crippen LogP contribution in [0.25, 0.3) is 22.4 Å². The summed E-state index contributed by atoms with van der Waals surface area (Å²) in [6.07, 6.45) is 1.61. The molecule has 0 saturated carbocycles. The van der Waals surface area contributed by atoms with E-state index < -0.39 is 5.91 Å². The zero-order valence-corrected chi connectivity index (χ0v) is 11.7. The fraction of sp³-hybridized carbons (Fsp3) is 0. The molecular weight excluding hydrogens is 279 g/mol. The van der Waals surface area contributed by atoms with E-state index >= 15 is 0 Å². The van der Waals surface area contributed by atoms with Crippen LogP contribution in [0.5, 0.6) is 0 Å². The molecule has 0 atom stereocenters. The standard InChI is InChI=1S/C18H13FN2O/c19-16-8-4-3-7-15(16)17-10-9-12(11-21-17)13-5-1-2-6-14(13)18(20)22/h1-11H,(H2,20,22). The van der Waals surface area contributed by atoms with Gasteiger partial charge in [0.05, 0.1) is 5.69 Å². The van der Waals surface area contributed by atoms with Crippen molar-refractivity contribution in [3.05, 3.63) is 78.2 Å². The van der Waals surface area contributed by atoms with Crippen LogP contribution in [0.15, 0.2) is 66.9 Å². The molecular formula is C18H13FN2O. The van der Waals surface area contributed by atoms with E-state index in [-0.39, 0.29) is 5.82 Å². The highest BCUT2D eigenvalue weighted by atomic mass is 19.1. The Balaban J connectivity index is 2.03. The molecule has 3 nitrogen and oxygen atoms in total. The minimum absolute atomic E-state index is 0.319. The van der Waals surface area contributed by atoms with Gasteiger partial charge in [0.1, 0.15) is 5.82 Å². The number of nitrogens with zero attached hydrogens (tertiary/aromatic N) is 1. The van der Waals surface area contributed by atoms with Crippen molar-refractivity contribution < 1.29 is 9.18 Å². The summed E-state index contributed by atoms with van der Waals surface area (Å²) in [6.45, 7) is 0. The molecule has 0 radical (unpaired) electrons. The SMILES string of the molecule is NC(=O)c1ccccc1-c1ccc(-c2ccccc2F)nc1. The minimum Gasteiger partial charge on any atom is -0.366 e. The van der Waals surface area contributed by atoms with E-state index in [1.807, 2.05) is 6.07 Å². The maximum absolute atomic E-state index is 13.8. The van der Waals surface area contributed by atoms with Gasteiger partial charge in [-0.15, -0.1) is 0 Å². The molecule has 0 aliphatic heterocycles. The highest BCUT2D eigenvalue weighted by molar-refractivity contribution is 5.99. The quantitative estimate of drug-likeness (QED) is 0.801. The summed E-state index contributed by atoms with van der Waals surface area (Å²) in [5.74, 6) is -0.811. The average Bonchev–Trinajstić information content (AvgIpc) is 2.55. The van der Waals surface area contributed by atoms with Crippen LogP contribution in [0.4, 0.5) is 4.39 Å². The Morgan fingerprint density at radius 2 is 1.59 bits per heavy atom. The van der Waals surface area contributed by atoms with Crippen molar-refractivity contribution in [2.45, 2.75) is 0 Å². The average molecular weight is 292 g/mol. The van der Waals surface area contributed by atoms with Gasteiger partial charge >= 0.3 is 0 Å². The first-order valence-corrected chi connectivity index (χ1v) is 6.77. The summed E-state index contributed by atoms with van der Waals surface area (Å²) in [7, 11) is 0. The Labute approximate surface area is 127 Å². The van der Waals surface area contributed by atoms with E-state index in [2.05, 4.69) is 4.98 Å². The van der Waals surface area contributed by atoms with Crippen LogP contribution in [0.1, 0.15) is 10.4 Å². The van der Waals surface area contributed by atoms with E-state index in [9.17, 15) is 9.18 Å². The molecule has 0 bridgehead atoms. The lowest BCUT2D eigenvalue weighted by Crippen LogP contribution is -2.12. The number of carbonyl (C=O) groups excluding carboxylic acids is 1. The minimum atomic E-state index is -0.492. The summed E-state index contributed by atoms with van der Waals surface area (Å²) < 4.78 is 13.8. The first-order chi connectivity index (χ1) is 10.7. The van der Waals surface area contributed by atoms with Crippen LogP contribution in [-0.4, -0.2) is 10.9 Å². The van der Waals surface area contributed by atoms with E-state index in [0.717, 1.165) is 5.56 Å². The van der Waals surface area contributed by atoms with Gasteiger partial charge < -0.3 is 5.73 Å². The van der Waals surface area contributed by atoms with Gasteiger partial charge in [-0.2, -0.15) is 0 Å². The molecule has 3 aromatic rings. The topological polar surface area (TPSA) is 56.0 Å². The first kappa shape index (κ1) is 13.9. The molecule has 0 spiro atoms. The highest BCUT2D eigenvalue weighted by Crippen LogP contribution is 2.26. The molecule has 0 unspecified atom stereocenters.